The average molecular weight is 422 g/mol. The Morgan fingerprint density at radius 2 is 1.59 bits per heavy atom. The van der Waals surface area contributed by atoms with E-state index in [4.69, 9.17) is 13.7 Å². The summed E-state index contributed by atoms with van der Waals surface area (Å²) in [5.74, 6) is 0.406. The molecule has 0 bridgehead atoms. The molecule has 1 aromatic carbocycles. The van der Waals surface area contributed by atoms with Crippen LogP contribution in [0.2, 0.25) is 0 Å². The Kier molecular flexibility index (Phi) is 17.7. The third-order valence-corrected chi connectivity index (χ3v) is 4.26. The van der Waals surface area contributed by atoms with Crippen molar-refractivity contribution in [2.24, 2.45) is 0 Å². The highest BCUT2D eigenvalue weighted by molar-refractivity contribution is 7.44. The summed E-state index contributed by atoms with van der Waals surface area (Å²) in [6, 6.07) is 9.31. The zero-order valence-corrected chi connectivity index (χ0v) is 18.8. The summed E-state index contributed by atoms with van der Waals surface area (Å²) in [5.41, 5.74) is 0. The molecule has 0 unspecified atom stereocenters. The van der Waals surface area contributed by atoms with E-state index >= 15 is 0 Å². The van der Waals surface area contributed by atoms with Gasteiger partial charge < -0.3 is 14.4 Å². The molecule has 29 heavy (non-hydrogen) atoms. The smallest absolute Gasteiger partial charge is 0.374 e. The Morgan fingerprint density at radius 1 is 0.966 bits per heavy atom. The number of allylic oxidation sites excluding steroid dienone is 2. The van der Waals surface area contributed by atoms with Gasteiger partial charge in [-0.15, -0.1) is 0 Å². The van der Waals surface area contributed by atoms with E-state index in [9.17, 15) is 4.79 Å². The normalized spacial score (nSPS) is 10.9. The summed E-state index contributed by atoms with van der Waals surface area (Å²) in [4.78, 5) is 14.6. The van der Waals surface area contributed by atoms with Gasteiger partial charge in [-0.3, -0.25) is 0 Å². The Balaban J connectivity index is 0.00000379. The van der Waals surface area contributed by atoms with E-state index in [1.165, 1.54) is 25.7 Å². The van der Waals surface area contributed by atoms with Crippen molar-refractivity contribution in [2.75, 3.05) is 19.7 Å². The number of rotatable bonds is 14. The number of benzene rings is 1. The summed E-state index contributed by atoms with van der Waals surface area (Å²) in [5, 5.41) is 0. The topological polar surface area (TPSA) is 55.8 Å². The standard InChI is InChI=1S/C23H35NO3.OS/c1-4-7-8-9-10-14-20-26-23(25)22(18-15-19-24(5-2)6-3)27-21-16-12-11-13-17-21;1-2/h11-13,15-19H,4-10,14,20H2,1-3H3;/b19-15+,22-18+;. The zero-order valence-electron chi connectivity index (χ0n) is 18.0. The van der Waals surface area contributed by atoms with E-state index in [1.807, 2.05) is 42.6 Å². The molecule has 0 radical (unpaired) electrons. The lowest BCUT2D eigenvalue weighted by Crippen LogP contribution is -2.15. The van der Waals surface area contributed by atoms with Crippen LogP contribution in [0.25, 0.3) is 0 Å². The first-order valence-electron chi connectivity index (χ1n) is 10.4. The van der Waals surface area contributed by atoms with Gasteiger partial charge in [0.1, 0.15) is 5.75 Å². The summed E-state index contributed by atoms with van der Waals surface area (Å²) in [7, 11) is 0. The minimum atomic E-state index is -0.420. The van der Waals surface area contributed by atoms with Gasteiger partial charge in [0.2, 0.25) is 5.76 Å². The molecule has 0 amide bonds. The third kappa shape index (κ3) is 13.6. The molecule has 0 fully saturated rings. The predicted molar refractivity (Wildman–Crippen MR) is 120 cm³/mol. The van der Waals surface area contributed by atoms with Gasteiger partial charge in [-0.1, -0.05) is 57.2 Å². The number of nitrogens with zero attached hydrogens (tertiary/aromatic N) is 1. The van der Waals surface area contributed by atoms with Crippen molar-refractivity contribution in [3.05, 3.63) is 54.4 Å². The summed E-state index contributed by atoms with van der Waals surface area (Å²) in [6.07, 6.45) is 12.4. The molecule has 0 spiro atoms. The van der Waals surface area contributed by atoms with Crippen molar-refractivity contribution in [2.45, 2.75) is 59.3 Å². The van der Waals surface area contributed by atoms with Gasteiger partial charge in [-0.05, 0) is 50.8 Å². The fourth-order valence-electron chi connectivity index (χ4n) is 2.56. The molecule has 1 aromatic rings. The highest BCUT2D eigenvalue weighted by Gasteiger charge is 2.13. The lowest BCUT2D eigenvalue weighted by Gasteiger charge is -2.14. The van der Waals surface area contributed by atoms with Crippen molar-refractivity contribution >= 4 is 18.5 Å². The number of carbonyl (C=O) groups excluding carboxylic acids is 1. The molecule has 0 heterocycles. The quantitative estimate of drug-likeness (QED) is 0.132. The molecule has 0 atom stereocenters. The van der Waals surface area contributed by atoms with Crippen LogP contribution < -0.4 is 4.74 Å². The number of para-hydroxylation sites is 1. The third-order valence-electron chi connectivity index (χ3n) is 4.26. The molecular formula is C23H35NO4S. The van der Waals surface area contributed by atoms with Crippen LogP contribution in [0.3, 0.4) is 0 Å². The van der Waals surface area contributed by atoms with Crippen LogP contribution in [0, 0.1) is 0 Å². The maximum Gasteiger partial charge on any atom is 0.374 e. The number of esters is 1. The van der Waals surface area contributed by atoms with Crippen LogP contribution in [-0.2, 0) is 22.1 Å². The van der Waals surface area contributed by atoms with Gasteiger partial charge in [-0.2, -0.15) is 4.21 Å². The van der Waals surface area contributed by atoms with Crippen molar-refractivity contribution in [1.82, 2.24) is 4.90 Å². The molecule has 6 heteroatoms. The number of ether oxygens (including phenoxy) is 2. The van der Waals surface area contributed by atoms with Crippen LogP contribution in [0.5, 0.6) is 5.75 Å². The minimum absolute atomic E-state index is 0.204. The second kappa shape index (κ2) is 19.1. The lowest BCUT2D eigenvalue weighted by molar-refractivity contribution is -0.141. The fraction of sp³-hybridized carbons (Fsp3) is 0.522. The van der Waals surface area contributed by atoms with Crippen LogP contribution >= 0.6 is 0 Å². The van der Waals surface area contributed by atoms with E-state index in [2.05, 4.69) is 38.2 Å². The van der Waals surface area contributed by atoms with Crippen molar-refractivity contribution in [3.8, 4) is 5.75 Å². The van der Waals surface area contributed by atoms with E-state index in [0.29, 0.717) is 12.4 Å². The molecule has 162 valence electrons. The Morgan fingerprint density at radius 3 is 2.21 bits per heavy atom. The molecule has 1 rings (SSSR count). The molecule has 0 N–H and O–H groups in total. The van der Waals surface area contributed by atoms with Crippen LogP contribution in [0.4, 0.5) is 0 Å². The monoisotopic (exact) mass is 421 g/mol. The van der Waals surface area contributed by atoms with Gasteiger partial charge in [0.05, 0.1) is 6.61 Å². The SMILES string of the molecule is CCCCCCCCOC(=O)/C(=C\C=C\N(CC)CC)Oc1ccccc1.O=S. The first-order valence-corrected chi connectivity index (χ1v) is 10.7. The van der Waals surface area contributed by atoms with Crippen molar-refractivity contribution < 1.29 is 18.5 Å². The fourth-order valence-corrected chi connectivity index (χ4v) is 2.56. The van der Waals surface area contributed by atoms with Gasteiger partial charge in [0.15, 0.2) is 12.5 Å². The van der Waals surface area contributed by atoms with Gasteiger partial charge in [0.25, 0.3) is 0 Å². The maximum absolute atomic E-state index is 12.4. The molecule has 0 aliphatic carbocycles. The average Bonchev–Trinajstić information content (AvgIpc) is 2.77. The molecule has 0 saturated carbocycles. The first kappa shape index (κ1) is 26.8. The van der Waals surface area contributed by atoms with E-state index in [-0.39, 0.29) is 5.76 Å². The zero-order chi connectivity index (χ0) is 21.7. The number of hydrogen-bond donors (Lipinski definition) is 0. The van der Waals surface area contributed by atoms with E-state index in [1.54, 1.807) is 6.08 Å². The maximum atomic E-state index is 12.4. The summed E-state index contributed by atoms with van der Waals surface area (Å²) < 4.78 is 19.0. The van der Waals surface area contributed by atoms with Gasteiger partial charge in [-0.25, -0.2) is 4.79 Å². The highest BCUT2D eigenvalue weighted by Crippen LogP contribution is 2.14. The largest absolute Gasteiger partial charge is 0.460 e. The number of hydrogen-bond acceptors (Lipinski definition) is 6. The second-order valence-electron chi connectivity index (χ2n) is 6.41. The molecule has 5 nitrogen and oxygen atoms in total. The molecular weight excluding hydrogens is 386 g/mol. The van der Waals surface area contributed by atoms with E-state index in [0.717, 1.165) is 25.9 Å². The minimum Gasteiger partial charge on any atom is -0.460 e. The summed E-state index contributed by atoms with van der Waals surface area (Å²) in [6.45, 7) is 8.65. The Hall–Kier alpha value is -2.21. The number of unbranched alkanes of at least 4 members (excludes halogenated alkanes) is 5. The summed E-state index contributed by atoms with van der Waals surface area (Å²) >= 11 is 2.83. The Bertz CT molecular complexity index is 586. The number of carbonyl (C=O) groups is 1. The second-order valence-corrected chi connectivity index (χ2v) is 6.41. The van der Waals surface area contributed by atoms with E-state index < -0.39 is 5.97 Å². The molecule has 0 aliphatic heterocycles. The van der Waals surface area contributed by atoms with Crippen molar-refractivity contribution in [3.63, 3.8) is 0 Å². The first-order chi connectivity index (χ1) is 14.2. The predicted octanol–water partition coefficient (Wildman–Crippen LogP) is 5.37. The van der Waals surface area contributed by atoms with Gasteiger partial charge in [0, 0.05) is 13.1 Å². The lowest BCUT2D eigenvalue weighted by atomic mass is 10.1. The van der Waals surface area contributed by atoms with Crippen LogP contribution in [0.1, 0.15) is 59.3 Å². The van der Waals surface area contributed by atoms with Crippen LogP contribution in [0.15, 0.2) is 54.4 Å². The van der Waals surface area contributed by atoms with Crippen LogP contribution in [-0.4, -0.2) is 34.8 Å². The highest BCUT2D eigenvalue weighted by atomic mass is 32.1. The Labute approximate surface area is 181 Å². The molecule has 0 aliphatic rings. The molecule has 0 saturated heterocycles. The van der Waals surface area contributed by atoms with Gasteiger partial charge >= 0.3 is 5.97 Å². The van der Waals surface area contributed by atoms with Crippen molar-refractivity contribution in [1.29, 1.82) is 0 Å². The molecule has 0 aromatic heterocycles.